The molecule has 0 heterocycles. The lowest BCUT2D eigenvalue weighted by Gasteiger charge is -2.20. The normalized spacial score (nSPS) is 22.6. The number of hydrogen-bond donors (Lipinski definition) is 2. The molecule has 7 heteroatoms. The van der Waals surface area contributed by atoms with Gasteiger partial charge in [-0.05, 0) is 25.7 Å². The van der Waals surface area contributed by atoms with E-state index in [2.05, 4.69) is 4.99 Å². The van der Waals surface area contributed by atoms with Gasteiger partial charge in [0.25, 0.3) is 0 Å². The van der Waals surface area contributed by atoms with Crippen molar-refractivity contribution >= 4 is 11.7 Å². The van der Waals surface area contributed by atoms with Gasteiger partial charge in [0, 0.05) is 11.3 Å². The Labute approximate surface area is 96.0 Å². The van der Waals surface area contributed by atoms with E-state index in [0.29, 0.717) is 19.3 Å². The summed E-state index contributed by atoms with van der Waals surface area (Å²) in [6, 6.07) is 0. The van der Waals surface area contributed by atoms with Crippen molar-refractivity contribution in [3.8, 4) is 0 Å². The Kier molecular flexibility index (Phi) is 4.14. The standard InChI is InChI=1S/C10H13F3N2O2/c11-10(12,13)9(14)6-3-1-2-4-7(6)15-5-8(16)17/h1-5,14H2,(H,16,17). The Morgan fingerprint density at radius 2 is 1.94 bits per heavy atom. The van der Waals surface area contributed by atoms with Crippen LogP contribution in [0.3, 0.4) is 0 Å². The van der Waals surface area contributed by atoms with E-state index in [1.165, 1.54) is 0 Å². The molecule has 0 unspecified atom stereocenters. The van der Waals surface area contributed by atoms with Crippen LogP contribution >= 0.6 is 0 Å². The molecule has 0 radical (unpaired) electrons. The molecule has 4 nitrogen and oxygen atoms in total. The second-order valence-corrected chi connectivity index (χ2v) is 3.75. The molecule has 1 rings (SSSR count). The van der Waals surface area contributed by atoms with Crippen LogP contribution in [-0.4, -0.2) is 29.5 Å². The largest absolute Gasteiger partial charge is 0.480 e. The SMILES string of the molecule is NC(=C1CCCCC1=NCC(=O)O)C(F)(F)F. The van der Waals surface area contributed by atoms with Crippen LogP contribution in [0.2, 0.25) is 0 Å². The highest BCUT2D eigenvalue weighted by Crippen LogP contribution is 2.30. The highest BCUT2D eigenvalue weighted by molar-refractivity contribution is 6.02. The van der Waals surface area contributed by atoms with Gasteiger partial charge >= 0.3 is 12.1 Å². The number of allylic oxidation sites excluding steroid dienone is 2. The third-order valence-corrected chi connectivity index (χ3v) is 2.47. The number of nitrogens with zero attached hydrogens (tertiary/aromatic N) is 1. The minimum Gasteiger partial charge on any atom is -0.480 e. The van der Waals surface area contributed by atoms with E-state index in [9.17, 15) is 18.0 Å². The molecule has 1 aliphatic carbocycles. The van der Waals surface area contributed by atoms with Crippen LogP contribution in [0.1, 0.15) is 25.7 Å². The Morgan fingerprint density at radius 1 is 1.35 bits per heavy atom. The van der Waals surface area contributed by atoms with Gasteiger partial charge in [0.2, 0.25) is 0 Å². The monoisotopic (exact) mass is 250 g/mol. The van der Waals surface area contributed by atoms with E-state index >= 15 is 0 Å². The Hall–Kier alpha value is -1.53. The molecule has 1 saturated carbocycles. The Balaban J connectivity index is 3.01. The quantitative estimate of drug-likeness (QED) is 0.785. The molecule has 0 aromatic carbocycles. The Bertz CT molecular complexity index is 372. The van der Waals surface area contributed by atoms with E-state index in [-0.39, 0.29) is 17.7 Å². The van der Waals surface area contributed by atoms with Gasteiger partial charge in [-0.2, -0.15) is 13.2 Å². The average molecular weight is 250 g/mol. The van der Waals surface area contributed by atoms with E-state index in [4.69, 9.17) is 10.8 Å². The lowest BCUT2D eigenvalue weighted by molar-refractivity contribution is -0.135. The topological polar surface area (TPSA) is 75.7 Å². The second-order valence-electron chi connectivity index (χ2n) is 3.75. The highest BCUT2D eigenvalue weighted by Gasteiger charge is 2.35. The summed E-state index contributed by atoms with van der Waals surface area (Å²) in [6.07, 6.45) is -2.73. The highest BCUT2D eigenvalue weighted by atomic mass is 19.4. The first kappa shape index (κ1) is 13.5. The molecule has 0 aromatic heterocycles. The lowest BCUT2D eigenvalue weighted by Crippen LogP contribution is -2.26. The van der Waals surface area contributed by atoms with Crippen LogP contribution in [-0.2, 0) is 4.79 Å². The number of carboxylic acids is 1. The molecule has 0 saturated heterocycles. The number of alkyl halides is 3. The first-order valence-corrected chi connectivity index (χ1v) is 5.13. The summed E-state index contributed by atoms with van der Waals surface area (Å²) in [4.78, 5) is 14.0. The number of carboxylic acid groups (broad SMARTS) is 1. The van der Waals surface area contributed by atoms with Crippen LogP contribution in [0.4, 0.5) is 13.2 Å². The lowest BCUT2D eigenvalue weighted by atomic mass is 9.91. The maximum atomic E-state index is 12.5. The van der Waals surface area contributed by atoms with Gasteiger partial charge in [0.05, 0.1) is 0 Å². The third kappa shape index (κ3) is 3.76. The average Bonchev–Trinajstić information content (AvgIpc) is 2.24. The molecule has 0 aliphatic heterocycles. The fourth-order valence-electron chi connectivity index (χ4n) is 1.69. The van der Waals surface area contributed by atoms with Crippen LogP contribution in [0, 0.1) is 0 Å². The molecule has 0 bridgehead atoms. The minimum absolute atomic E-state index is 0.0509. The molecule has 0 spiro atoms. The second kappa shape index (κ2) is 5.20. The summed E-state index contributed by atoms with van der Waals surface area (Å²) in [5, 5.41) is 8.45. The van der Waals surface area contributed by atoms with Crippen molar-refractivity contribution in [1.82, 2.24) is 0 Å². The van der Waals surface area contributed by atoms with Crippen LogP contribution in [0.5, 0.6) is 0 Å². The van der Waals surface area contributed by atoms with Crippen molar-refractivity contribution in [2.75, 3.05) is 6.54 Å². The molecule has 0 atom stereocenters. The molecule has 1 aliphatic rings. The molecule has 3 N–H and O–H groups in total. The summed E-state index contributed by atoms with van der Waals surface area (Å²) in [5.41, 5.74) is 4.02. The third-order valence-electron chi connectivity index (χ3n) is 2.47. The molecule has 0 amide bonds. The molecular weight excluding hydrogens is 237 g/mol. The van der Waals surface area contributed by atoms with Crippen molar-refractivity contribution in [2.24, 2.45) is 10.7 Å². The van der Waals surface area contributed by atoms with Gasteiger partial charge in [-0.3, -0.25) is 9.79 Å². The molecule has 17 heavy (non-hydrogen) atoms. The van der Waals surface area contributed by atoms with Crippen molar-refractivity contribution in [1.29, 1.82) is 0 Å². The smallest absolute Gasteiger partial charge is 0.431 e. The van der Waals surface area contributed by atoms with Crippen molar-refractivity contribution in [3.05, 3.63) is 11.3 Å². The predicted molar refractivity (Wildman–Crippen MR) is 55.7 cm³/mol. The maximum absolute atomic E-state index is 12.5. The number of rotatable bonds is 2. The van der Waals surface area contributed by atoms with Gasteiger partial charge in [-0.1, -0.05) is 0 Å². The van der Waals surface area contributed by atoms with E-state index in [1.807, 2.05) is 0 Å². The van der Waals surface area contributed by atoms with Gasteiger partial charge < -0.3 is 10.8 Å². The van der Waals surface area contributed by atoms with Crippen LogP contribution < -0.4 is 5.73 Å². The van der Waals surface area contributed by atoms with Crippen LogP contribution in [0.15, 0.2) is 16.3 Å². The number of aliphatic carboxylic acids is 1. The number of hydrogen-bond acceptors (Lipinski definition) is 3. The molecular formula is C10H13F3N2O2. The maximum Gasteiger partial charge on any atom is 0.431 e. The number of aliphatic imine (C=N–C) groups is 1. The zero-order valence-corrected chi connectivity index (χ0v) is 9.05. The first-order valence-electron chi connectivity index (χ1n) is 5.13. The summed E-state index contributed by atoms with van der Waals surface area (Å²) in [7, 11) is 0. The number of carbonyl (C=O) groups is 1. The van der Waals surface area contributed by atoms with Gasteiger partial charge in [-0.15, -0.1) is 0 Å². The van der Waals surface area contributed by atoms with Crippen molar-refractivity contribution < 1.29 is 23.1 Å². The Morgan fingerprint density at radius 3 is 2.47 bits per heavy atom. The molecule has 96 valence electrons. The van der Waals surface area contributed by atoms with Gasteiger partial charge in [0.1, 0.15) is 12.2 Å². The zero-order valence-electron chi connectivity index (χ0n) is 9.05. The van der Waals surface area contributed by atoms with E-state index in [0.717, 1.165) is 0 Å². The van der Waals surface area contributed by atoms with E-state index in [1.54, 1.807) is 0 Å². The van der Waals surface area contributed by atoms with Crippen LogP contribution in [0.25, 0.3) is 0 Å². The first-order chi connectivity index (χ1) is 7.82. The molecule has 0 aromatic rings. The fourth-order valence-corrected chi connectivity index (χ4v) is 1.69. The minimum atomic E-state index is -4.59. The van der Waals surface area contributed by atoms with Crippen molar-refractivity contribution in [3.63, 3.8) is 0 Å². The predicted octanol–water partition coefficient (Wildman–Crippen LogP) is 1.86. The summed E-state index contributed by atoms with van der Waals surface area (Å²) < 4.78 is 37.4. The van der Waals surface area contributed by atoms with Gasteiger partial charge in [0.15, 0.2) is 0 Å². The zero-order chi connectivity index (χ0) is 13.1. The van der Waals surface area contributed by atoms with Crippen molar-refractivity contribution in [2.45, 2.75) is 31.9 Å². The fraction of sp³-hybridized carbons (Fsp3) is 0.600. The summed E-state index contributed by atoms with van der Waals surface area (Å²) in [6.45, 7) is -0.524. The number of nitrogens with two attached hydrogens (primary N) is 1. The summed E-state index contributed by atoms with van der Waals surface area (Å²) >= 11 is 0. The molecule has 1 fully saturated rings. The van der Waals surface area contributed by atoms with E-state index < -0.39 is 24.4 Å². The van der Waals surface area contributed by atoms with Gasteiger partial charge in [-0.25, -0.2) is 0 Å². The number of halogens is 3. The summed E-state index contributed by atoms with van der Waals surface area (Å²) in [5.74, 6) is -1.17.